The van der Waals surface area contributed by atoms with E-state index in [1.54, 1.807) is 43.8 Å². The van der Waals surface area contributed by atoms with Crippen molar-refractivity contribution in [3.63, 3.8) is 0 Å². The van der Waals surface area contributed by atoms with E-state index in [9.17, 15) is 18.7 Å². The maximum atomic E-state index is 13.0. The molecule has 0 bridgehead atoms. The predicted octanol–water partition coefficient (Wildman–Crippen LogP) is 2.78. The van der Waals surface area contributed by atoms with Gasteiger partial charge in [-0.15, -0.1) is 12.1 Å². The van der Waals surface area contributed by atoms with Gasteiger partial charge in [-0.2, -0.15) is 18.2 Å². The number of ketones is 1. The summed E-state index contributed by atoms with van der Waals surface area (Å²) in [5.74, 6) is 0.938. The fourth-order valence-corrected chi connectivity index (χ4v) is 4.90. The first-order valence-electron chi connectivity index (χ1n) is 15.0. The van der Waals surface area contributed by atoms with Gasteiger partial charge in [0.1, 0.15) is 11.4 Å². The van der Waals surface area contributed by atoms with E-state index in [2.05, 4.69) is 35.8 Å². The molecule has 1 N–H and O–H groups in total. The first-order valence-corrected chi connectivity index (χ1v) is 15.0. The third-order valence-electron chi connectivity index (χ3n) is 7.61. The van der Waals surface area contributed by atoms with Crippen molar-refractivity contribution in [2.45, 2.75) is 58.0 Å². The molecule has 0 spiro atoms. The van der Waals surface area contributed by atoms with Crippen molar-refractivity contribution >= 4 is 40.7 Å². The molecule has 2 fully saturated rings. The zero-order valence-electron chi connectivity index (χ0n) is 26.4. The number of carbonyl (C=O) groups is 1. The summed E-state index contributed by atoms with van der Waals surface area (Å²) in [4.78, 5) is 32.6. The summed E-state index contributed by atoms with van der Waals surface area (Å²) in [5, 5.41) is 10.7. The number of nitrogens with zero attached hydrogens (tertiary/aromatic N) is 6. The minimum absolute atomic E-state index is 0. The summed E-state index contributed by atoms with van der Waals surface area (Å²) in [6.07, 6.45) is 13.8. The predicted molar refractivity (Wildman–Crippen MR) is 172 cm³/mol. The third-order valence-corrected chi connectivity index (χ3v) is 7.61. The average Bonchev–Trinajstić information content (AvgIpc) is 3.07. The van der Waals surface area contributed by atoms with E-state index >= 15 is 0 Å². The second-order valence-corrected chi connectivity index (χ2v) is 11.0. The molecule has 0 amide bonds. The van der Waals surface area contributed by atoms with E-state index in [0.29, 0.717) is 22.6 Å². The Bertz CT molecular complexity index is 1440. The number of aliphatic hydroxyl groups is 1. The van der Waals surface area contributed by atoms with E-state index in [4.69, 9.17) is 0 Å². The van der Waals surface area contributed by atoms with Crippen LogP contribution in [-0.2, 0) is 5.60 Å². The van der Waals surface area contributed by atoms with E-state index in [1.807, 2.05) is 0 Å². The van der Waals surface area contributed by atoms with Crippen LogP contribution in [-0.4, -0.2) is 80.1 Å². The molecule has 46 heavy (non-hydrogen) atoms. The van der Waals surface area contributed by atoms with Crippen molar-refractivity contribution in [2.24, 2.45) is 0 Å². The van der Waals surface area contributed by atoms with Crippen LogP contribution in [0.5, 0.6) is 0 Å². The fourth-order valence-electron chi connectivity index (χ4n) is 4.90. The number of carbonyl (C=O) groups excluding carboxylic acids is 1. The summed E-state index contributed by atoms with van der Waals surface area (Å²) >= 11 is 0. The number of anilines is 2. The molecule has 0 aliphatic carbocycles. The van der Waals surface area contributed by atoms with Crippen molar-refractivity contribution < 1.29 is 35.7 Å². The monoisotopic (exact) mass is 704 g/mol. The third kappa shape index (κ3) is 11.6. The number of benzene rings is 2. The summed E-state index contributed by atoms with van der Waals surface area (Å²) in [6.45, 7) is 7.21. The van der Waals surface area contributed by atoms with Crippen LogP contribution in [0, 0.1) is 17.7 Å². The molecule has 0 saturated carbocycles. The number of hydrogen-bond acceptors (Lipinski definition) is 8. The van der Waals surface area contributed by atoms with Crippen molar-refractivity contribution in [1.29, 1.82) is 0 Å². The fraction of sp³-hybridized carbons (Fsp3) is 0.382. The maximum Gasteiger partial charge on any atom is 2.00 e. The van der Waals surface area contributed by atoms with Gasteiger partial charge in [0, 0.05) is 62.3 Å². The Morgan fingerprint density at radius 2 is 1.13 bits per heavy atom. The Hall–Kier alpha value is -3.06. The van der Waals surface area contributed by atoms with E-state index in [0.717, 1.165) is 32.1 Å². The molecule has 2 saturated heterocycles. The van der Waals surface area contributed by atoms with E-state index < -0.39 is 5.60 Å². The smallest absolute Gasteiger partial charge is 1.00 e. The molecule has 6 rings (SSSR count). The van der Waals surface area contributed by atoms with E-state index in [-0.39, 0.29) is 57.5 Å². The van der Waals surface area contributed by atoms with Gasteiger partial charge in [0.15, 0.2) is 5.78 Å². The normalized spacial score (nSPS) is 15.3. The standard InChI is InChI=1S/C17H20FN3O.C11H15N3O.C6H4F.BrH.Mg/c1-17(22,13-5-7-15(18)8-6-13)14-11-19-16(20-12-14)21-9-3-2-4-10-21;1-9(15)10-7-12-11(13-8-10)14-5-3-2-4-6-14;7-6-4-2-1-3-5-6;;/h5-8,11-12,22H,2-4,9-10H2,1H3;7-8H,2-6H2,1H3;2-5H;1H;/q;;-1;;+2/p-1. The molecule has 12 heteroatoms. The maximum absolute atomic E-state index is 13.0. The van der Waals surface area contributed by atoms with Crippen molar-refractivity contribution in [3.8, 4) is 0 Å². The zero-order valence-corrected chi connectivity index (χ0v) is 29.4. The molecule has 2 aliphatic rings. The van der Waals surface area contributed by atoms with Crippen LogP contribution in [0.1, 0.15) is 73.9 Å². The molecule has 1 unspecified atom stereocenters. The van der Waals surface area contributed by atoms with Gasteiger partial charge in [-0.25, -0.2) is 28.7 Å². The number of aromatic nitrogens is 4. The number of piperidine rings is 2. The van der Waals surface area contributed by atoms with Crippen LogP contribution in [0.2, 0.25) is 0 Å². The van der Waals surface area contributed by atoms with Crippen LogP contribution in [0.3, 0.4) is 0 Å². The Labute approximate surface area is 296 Å². The number of Topliss-reactive ketones (excluding diaryl/α,β-unsaturated/α-hetero) is 1. The van der Waals surface area contributed by atoms with Crippen LogP contribution in [0.15, 0.2) is 73.3 Å². The Balaban J connectivity index is 0.000000266. The molecular formula is C34H39BrF2MgN6O2. The summed E-state index contributed by atoms with van der Waals surface area (Å²) < 4.78 is 24.9. The first-order chi connectivity index (χ1) is 21.2. The molecule has 2 aromatic heterocycles. The second kappa shape index (κ2) is 19.6. The van der Waals surface area contributed by atoms with Gasteiger partial charge in [0.2, 0.25) is 11.9 Å². The van der Waals surface area contributed by atoms with Crippen LogP contribution in [0.4, 0.5) is 20.7 Å². The van der Waals surface area contributed by atoms with Gasteiger partial charge in [-0.05, 0) is 70.1 Å². The van der Waals surface area contributed by atoms with Crippen molar-refractivity contribution in [1.82, 2.24) is 19.9 Å². The van der Waals surface area contributed by atoms with Gasteiger partial charge in [0.25, 0.3) is 0 Å². The average molecular weight is 706 g/mol. The van der Waals surface area contributed by atoms with Gasteiger partial charge in [-0.1, -0.05) is 12.1 Å². The van der Waals surface area contributed by atoms with Crippen LogP contribution < -0.4 is 26.8 Å². The number of rotatable bonds is 5. The number of halogens is 3. The molecule has 8 nitrogen and oxygen atoms in total. The molecule has 4 heterocycles. The topological polar surface area (TPSA) is 95.3 Å². The summed E-state index contributed by atoms with van der Waals surface area (Å²) in [7, 11) is 0. The summed E-state index contributed by atoms with van der Waals surface area (Å²) in [5.41, 5.74) is 0.549. The summed E-state index contributed by atoms with van der Waals surface area (Å²) in [6, 6.07) is 14.3. The number of hydrogen-bond donors (Lipinski definition) is 1. The first kappa shape index (κ1) is 39.1. The Morgan fingerprint density at radius 3 is 1.52 bits per heavy atom. The molecule has 2 aromatic carbocycles. The van der Waals surface area contributed by atoms with Gasteiger partial charge < -0.3 is 31.9 Å². The van der Waals surface area contributed by atoms with Crippen molar-refractivity contribution in [3.05, 3.63) is 108 Å². The second-order valence-electron chi connectivity index (χ2n) is 11.0. The minimum atomic E-state index is -1.24. The molecule has 240 valence electrons. The van der Waals surface area contributed by atoms with Gasteiger partial charge >= 0.3 is 23.1 Å². The van der Waals surface area contributed by atoms with E-state index in [1.165, 1.54) is 81.8 Å². The molecule has 4 aromatic rings. The Kier molecular flexibility index (Phi) is 16.6. The quantitative estimate of drug-likeness (QED) is 0.193. The van der Waals surface area contributed by atoms with Crippen LogP contribution >= 0.6 is 0 Å². The molecule has 0 radical (unpaired) electrons. The van der Waals surface area contributed by atoms with Crippen LogP contribution in [0.25, 0.3) is 0 Å². The SMILES string of the molecule is CC(=O)c1cnc(N2CCCCC2)nc1.CC(O)(c1ccc(F)cc1)c1cnc(N2CCCCC2)nc1.Fc1cc[c-]cc1.[Br-].[Mg+2]. The van der Waals surface area contributed by atoms with Crippen molar-refractivity contribution in [2.75, 3.05) is 36.0 Å². The van der Waals surface area contributed by atoms with Gasteiger partial charge in [-0.3, -0.25) is 4.79 Å². The molecule has 1 atom stereocenters. The Morgan fingerprint density at radius 1 is 0.717 bits per heavy atom. The minimum Gasteiger partial charge on any atom is -1.00 e. The molecular weight excluding hydrogens is 667 g/mol. The largest absolute Gasteiger partial charge is 2.00 e. The molecule has 2 aliphatic heterocycles. The zero-order chi connectivity index (χ0) is 31.4. The van der Waals surface area contributed by atoms with Gasteiger partial charge in [0.05, 0.1) is 5.56 Å².